The molecule has 0 unspecified atom stereocenters. The van der Waals surface area contributed by atoms with Crippen LogP contribution in [0.4, 0.5) is 0 Å². The fourth-order valence-electron chi connectivity index (χ4n) is 1.13. The molecule has 1 heterocycles. The molecule has 0 radical (unpaired) electrons. The van der Waals surface area contributed by atoms with E-state index in [1.807, 2.05) is 11.4 Å². The van der Waals surface area contributed by atoms with Gasteiger partial charge in [-0.2, -0.15) is 0 Å². The van der Waals surface area contributed by atoms with Gasteiger partial charge in [0.05, 0.1) is 11.5 Å². The lowest BCUT2D eigenvalue weighted by Crippen LogP contribution is -2.25. The molecule has 98 valence electrons. The highest BCUT2D eigenvalue weighted by Crippen LogP contribution is 2.53. The third kappa shape index (κ3) is 4.12. The Morgan fingerprint density at radius 2 is 2.06 bits per heavy atom. The molecule has 0 aliphatic heterocycles. The first-order valence-corrected chi connectivity index (χ1v) is 8.91. The predicted octanol–water partition coefficient (Wildman–Crippen LogP) is 3.90. The molecule has 0 aliphatic carbocycles. The van der Waals surface area contributed by atoms with Crippen LogP contribution >= 0.6 is 21.6 Å². The summed E-state index contributed by atoms with van der Waals surface area (Å²) in [5, 5.41) is 2.03. The van der Waals surface area contributed by atoms with Crippen molar-refractivity contribution in [3.63, 3.8) is 0 Å². The fraction of sp³-hybridized carbons (Fsp3) is 0.615. The summed E-state index contributed by atoms with van der Waals surface area (Å²) in [4.78, 5) is 11.4. The molecule has 0 bridgehead atoms. The van der Waals surface area contributed by atoms with Crippen molar-refractivity contribution >= 4 is 27.9 Å². The molecular weight excluding hydrogens is 252 g/mol. The number of carbonyl (C=O) groups excluding carboxylic acids is 1. The minimum atomic E-state index is -1.03. The van der Waals surface area contributed by atoms with Gasteiger partial charge in [-0.05, 0) is 35.9 Å². The fourth-order valence-corrected chi connectivity index (χ4v) is 2.73. The summed E-state index contributed by atoms with van der Waals surface area (Å²) in [6, 6.07) is 1.94. The van der Waals surface area contributed by atoms with Crippen molar-refractivity contribution < 1.29 is 8.98 Å². The number of carbonyl (C=O) groups is 1. The van der Waals surface area contributed by atoms with Crippen molar-refractivity contribution in [1.29, 1.82) is 0 Å². The van der Waals surface area contributed by atoms with Gasteiger partial charge in [0.2, 0.25) is 0 Å². The maximum absolute atomic E-state index is 10.6. The van der Waals surface area contributed by atoms with Gasteiger partial charge in [0.25, 0.3) is 0 Å². The van der Waals surface area contributed by atoms with E-state index >= 15 is 0 Å². The summed E-state index contributed by atoms with van der Waals surface area (Å²) in [5.74, 6) is 0. The van der Waals surface area contributed by atoms with Crippen molar-refractivity contribution in [1.82, 2.24) is 0 Å². The number of rotatable bonds is 5. The molecule has 1 aromatic rings. The zero-order valence-corrected chi connectivity index (χ0v) is 12.9. The average molecular weight is 274 g/mol. The smallest absolute Gasteiger partial charge is 0.160 e. The Kier molecular flexibility index (Phi) is 4.81. The van der Waals surface area contributed by atoms with Gasteiger partial charge in [0.1, 0.15) is 0 Å². The monoisotopic (exact) mass is 274 g/mol. The SMILES string of the molecule is CC(C)(C)S(C)(C)OCCc1csc(C=O)c1. The van der Waals surface area contributed by atoms with Crippen LogP contribution in [0.25, 0.3) is 0 Å². The molecule has 0 aromatic carbocycles. The molecule has 4 heteroatoms. The standard InChI is InChI=1S/C13H22O2S2/c1-13(2,3)17(4,5)15-7-6-11-8-12(9-14)16-10-11/h8-10H,6-7H2,1-5H3. The maximum atomic E-state index is 10.6. The second-order valence-corrected chi connectivity index (χ2v) is 10.3. The minimum Gasteiger partial charge on any atom is -0.336 e. The second-order valence-electron chi connectivity index (χ2n) is 5.39. The molecule has 0 amide bonds. The predicted molar refractivity (Wildman–Crippen MR) is 78.6 cm³/mol. The summed E-state index contributed by atoms with van der Waals surface area (Å²) in [6.45, 7) is 7.39. The van der Waals surface area contributed by atoms with Crippen LogP contribution in [-0.2, 0) is 10.6 Å². The van der Waals surface area contributed by atoms with Gasteiger partial charge in [-0.15, -0.1) is 21.6 Å². The summed E-state index contributed by atoms with van der Waals surface area (Å²) in [7, 11) is -1.03. The first kappa shape index (κ1) is 14.7. The van der Waals surface area contributed by atoms with E-state index in [9.17, 15) is 4.79 Å². The van der Waals surface area contributed by atoms with Crippen LogP contribution in [0, 0.1) is 0 Å². The lowest BCUT2D eigenvalue weighted by molar-refractivity contribution is 0.112. The first-order chi connectivity index (χ1) is 7.76. The van der Waals surface area contributed by atoms with E-state index < -0.39 is 10.3 Å². The molecular formula is C13H22O2S2. The van der Waals surface area contributed by atoms with Crippen LogP contribution in [-0.4, -0.2) is 30.2 Å². The van der Waals surface area contributed by atoms with Gasteiger partial charge in [0.15, 0.2) is 6.29 Å². The third-order valence-corrected chi connectivity index (χ3v) is 7.65. The van der Waals surface area contributed by atoms with Crippen molar-refractivity contribution in [3.8, 4) is 0 Å². The van der Waals surface area contributed by atoms with Gasteiger partial charge in [0, 0.05) is 4.75 Å². The summed E-state index contributed by atoms with van der Waals surface area (Å²) in [6.07, 6.45) is 6.20. The van der Waals surface area contributed by atoms with Crippen LogP contribution in [0.3, 0.4) is 0 Å². The van der Waals surface area contributed by atoms with Gasteiger partial charge in [-0.3, -0.25) is 4.79 Å². The maximum Gasteiger partial charge on any atom is 0.160 e. The summed E-state index contributed by atoms with van der Waals surface area (Å²) >= 11 is 1.50. The number of thiophene rings is 1. The number of hydrogen-bond acceptors (Lipinski definition) is 3. The van der Waals surface area contributed by atoms with Crippen LogP contribution in [0.5, 0.6) is 0 Å². The topological polar surface area (TPSA) is 26.3 Å². The molecule has 1 aromatic heterocycles. The van der Waals surface area contributed by atoms with E-state index in [4.69, 9.17) is 4.18 Å². The number of aldehydes is 1. The normalized spacial score (nSPS) is 13.7. The Hall–Kier alpha value is -0.320. The van der Waals surface area contributed by atoms with Gasteiger partial charge in [-0.1, -0.05) is 20.8 Å². The first-order valence-electron chi connectivity index (χ1n) is 5.66. The highest BCUT2D eigenvalue weighted by atomic mass is 32.3. The Balaban J connectivity index is 2.45. The van der Waals surface area contributed by atoms with Gasteiger partial charge >= 0.3 is 0 Å². The lowest BCUT2D eigenvalue weighted by atomic mass is 10.2. The Bertz CT molecular complexity index is 375. The van der Waals surface area contributed by atoms with Crippen molar-refractivity contribution in [2.45, 2.75) is 31.9 Å². The van der Waals surface area contributed by atoms with Crippen LogP contribution in [0.15, 0.2) is 11.4 Å². The summed E-state index contributed by atoms with van der Waals surface area (Å²) < 4.78 is 6.24. The zero-order chi connectivity index (χ0) is 13.1. The number of hydrogen-bond donors (Lipinski definition) is 0. The van der Waals surface area contributed by atoms with E-state index in [2.05, 4.69) is 33.3 Å². The van der Waals surface area contributed by atoms with Gasteiger partial charge < -0.3 is 4.18 Å². The second kappa shape index (κ2) is 5.55. The molecule has 0 fully saturated rings. The van der Waals surface area contributed by atoms with Crippen LogP contribution in [0.1, 0.15) is 36.0 Å². The van der Waals surface area contributed by atoms with Gasteiger partial charge in [-0.25, -0.2) is 0 Å². The van der Waals surface area contributed by atoms with E-state index in [-0.39, 0.29) is 4.75 Å². The average Bonchev–Trinajstić information content (AvgIpc) is 2.63. The van der Waals surface area contributed by atoms with Crippen LogP contribution < -0.4 is 0 Å². The molecule has 0 aliphatic rings. The minimum absolute atomic E-state index is 0.204. The van der Waals surface area contributed by atoms with Crippen molar-refractivity contribution in [2.24, 2.45) is 0 Å². The summed E-state index contributed by atoms with van der Waals surface area (Å²) in [5.41, 5.74) is 1.20. The zero-order valence-electron chi connectivity index (χ0n) is 11.3. The van der Waals surface area contributed by atoms with E-state index in [1.54, 1.807) is 0 Å². The quantitative estimate of drug-likeness (QED) is 0.761. The van der Waals surface area contributed by atoms with E-state index in [0.717, 1.165) is 24.2 Å². The Labute approximate surface area is 110 Å². The molecule has 0 saturated carbocycles. The largest absolute Gasteiger partial charge is 0.336 e. The Morgan fingerprint density at radius 1 is 1.41 bits per heavy atom. The Morgan fingerprint density at radius 3 is 2.53 bits per heavy atom. The van der Waals surface area contributed by atoms with Crippen molar-refractivity contribution in [2.75, 3.05) is 19.1 Å². The van der Waals surface area contributed by atoms with Crippen LogP contribution in [0.2, 0.25) is 0 Å². The van der Waals surface area contributed by atoms with Crippen molar-refractivity contribution in [3.05, 3.63) is 21.9 Å². The molecule has 1 rings (SSSR count). The third-order valence-electron chi connectivity index (χ3n) is 3.03. The molecule has 17 heavy (non-hydrogen) atoms. The molecule has 2 nitrogen and oxygen atoms in total. The highest BCUT2D eigenvalue weighted by molar-refractivity contribution is 8.29. The molecule has 0 N–H and O–H groups in total. The highest BCUT2D eigenvalue weighted by Gasteiger charge is 2.28. The molecule has 0 saturated heterocycles. The molecule has 0 spiro atoms. The van der Waals surface area contributed by atoms with E-state index in [0.29, 0.717) is 0 Å². The lowest BCUT2D eigenvalue weighted by Gasteiger charge is -2.43. The van der Waals surface area contributed by atoms with E-state index in [1.165, 1.54) is 16.9 Å². The molecule has 0 atom stereocenters.